The van der Waals surface area contributed by atoms with E-state index in [4.69, 9.17) is 0 Å². The largest absolute Gasteiger partial charge is 0.383 e. The van der Waals surface area contributed by atoms with E-state index in [2.05, 4.69) is 23.0 Å². The standard InChI is InChI=1S/C13H17N2O/c1-15-10-5-6-11(15)9-13(16,8-10)12-4-2-3-7-14-12/h2,4,7,10-11,16H,5-6,8-9H2,1H3/t10-,11-/m1/s1. The van der Waals surface area contributed by atoms with Crippen molar-refractivity contribution in [3.8, 4) is 0 Å². The van der Waals surface area contributed by atoms with Crippen molar-refractivity contribution in [2.75, 3.05) is 7.05 Å². The Morgan fingerprint density at radius 2 is 2.12 bits per heavy atom. The fourth-order valence-electron chi connectivity index (χ4n) is 3.25. The average molecular weight is 217 g/mol. The summed E-state index contributed by atoms with van der Waals surface area (Å²) in [5, 5.41) is 10.7. The molecule has 3 nitrogen and oxygen atoms in total. The molecule has 1 radical (unpaired) electrons. The van der Waals surface area contributed by atoms with Gasteiger partial charge in [-0.3, -0.25) is 4.98 Å². The van der Waals surface area contributed by atoms with E-state index in [1.165, 1.54) is 12.8 Å². The lowest BCUT2D eigenvalue weighted by atomic mass is 9.83. The second kappa shape index (κ2) is 3.54. The number of aliphatic hydroxyl groups is 1. The van der Waals surface area contributed by atoms with Crippen LogP contribution >= 0.6 is 0 Å². The summed E-state index contributed by atoms with van der Waals surface area (Å²) in [6.45, 7) is 0. The van der Waals surface area contributed by atoms with Gasteiger partial charge in [0.2, 0.25) is 0 Å². The van der Waals surface area contributed by atoms with Gasteiger partial charge in [0, 0.05) is 24.3 Å². The van der Waals surface area contributed by atoms with E-state index in [9.17, 15) is 5.11 Å². The second-order valence-electron chi connectivity index (χ2n) is 5.13. The summed E-state index contributed by atoms with van der Waals surface area (Å²) in [7, 11) is 2.17. The molecule has 3 heterocycles. The fourth-order valence-corrected chi connectivity index (χ4v) is 3.25. The highest BCUT2D eigenvalue weighted by molar-refractivity contribution is 5.16. The average Bonchev–Trinajstić information content (AvgIpc) is 2.54. The lowest BCUT2D eigenvalue weighted by Gasteiger charge is -2.41. The van der Waals surface area contributed by atoms with Crippen LogP contribution < -0.4 is 0 Å². The van der Waals surface area contributed by atoms with E-state index < -0.39 is 5.60 Å². The predicted octanol–water partition coefficient (Wildman–Crippen LogP) is 1.33. The molecule has 1 aromatic heterocycles. The zero-order valence-corrected chi connectivity index (χ0v) is 9.56. The molecule has 0 spiro atoms. The Morgan fingerprint density at radius 3 is 2.69 bits per heavy atom. The van der Waals surface area contributed by atoms with Gasteiger partial charge in [0.1, 0.15) is 5.60 Å². The first-order valence-electron chi connectivity index (χ1n) is 5.96. The molecule has 2 atom stereocenters. The van der Waals surface area contributed by atoms with Crippen LogP contribution in [0.4, 0.5) is 0 Å². The van der Waals surface area contributed by atoms with Crippen molar-refractivity contribution in [2.24, 2.45) is 0 Å². The molecule has 3 heteroatoms. The summed E-state index contributed by atoms with van der Waals surface area (Å²) >= 11 is 0. The number of piperidine rings is 1. The van der Waals surface area contributed by atoms with Crippen LogP contribution in [0.5, 0.6) is 0 Å². The molecule has 3 rings (SSSR count). The highest BCUT2D eigenvalue weighted by atomic mass is 16.3. The number of pyridine rings is 1. The zero-order chi connectivity index (χ0) is 11.2. The molecule has 2 bridgehead atoms. The molecule has 0 aliphatic carbocycles. The van der Waals surface area contributed by atoms with E-state index in [0.717, 1.165) is 18.5 Å². The van der Waals surface area contributed by atoms with Crippen LogP contribution in [0.3, 0.4) is 0 Å². The van der Waals surface area contributed by atoms with Crippen LogP contribution in [0.1, 0.15) is 31.4 Å². The predicted molar refractivity (Wildman–Crippen MR) is 60.8 cm³/mol. The van der Waals surface area contributed by atoms with Crippen molar-refractivity contribution in [1.82, 2.24) is 9.88 Å². The van der Waals surface area contributed by atoms with Crippen LogP contribution in [-0.4, -0.2) is 34.1 Å². The van der Waals surface area contributed by atoms with Gasteiger partial charge in [-0.15, -0.1) is 0 Å². The quantitative estimate of drug-likeness (QED) is 0.771. The molecule has 16 heavy (non-hydrogen) atoms. The van der Waals surface area contributed by atoms with E-state index in [1.807, 2.05) is 12.1 Å². The summed E-state index contributed by atoms with van der Waals surface area (Å²) < 4.78 is 0. The Bertz CT molecular complexity index is 365. The summed E-state index contributed by atoms with van der Waals surface area (Å²) in [5.41, 5.74) is 0.101. The first kappa shape index (κ1) is 10.2. The molecule has 2 fully saturated rings. The molecule has 1 aromatic rings. The van der Waals surface area contributed by atoms with Gasteiger partial charge in [-0.25, -0.2) is 0 Å². The van der Waals surface area contributed by atoms with Gasteiger partial charge in [-0.1, -0.05) is 6.07 Å². The number of aromatic nitrogens is 1. The molecular formula is C13H17N2O. The minimum absolute atomic E-state index is 0.523. The van der Waals surface area contributed by atoms with Crippen LogP contribution in [0.15, 0.2) is 18.3 Å². The lowest BCUT2D eigenvalue weighted by Crippen LogP contribution is -2.47. The van der Waals surface area contributed by atoms with Crippen LogP contribution in [0, 0.1) is 6.07 Å². The number of nitrogens with zero attached hydrogens (tertiary/aromatic N) is 2. The zero-order valence-electron chi connectivity index (χ0n) is 9.56. The Balaban J connectivity index is 1.91. The molecule has 0 saturated carbocycles. The fraction of sp³-hybridized carbons (Fsp3) is 0.615. The van der Waals surface area contributed by atoms with Gasteiger partial charge in [0.25, 0.3) is 0 Å². The van der Waals surface area contributed by atoms with Crippen LogP contribution in [0.2, 0.25) is 0 Å². The van der Waals surface area contributed by atoms with Crippen molar-refractivity contribution in [2.45, 2.75) is 43.4 Å². The normalized spacial score (nSPS) is 38.9. The molecular weight excluding hydrogens is 200 g/mol. The molecule has 2 saturated heterocycles. The first-order chi connectivity index (χ1) is 7.69. The minimum atomic E-state index is -0.715. The number of hydrogen-bond acceptors (Lipinski definition) is 3. The van der Waals surface area contributed by atoms with E-state index in [0.29, 0.717) is 12.1 Å². The highest BCUT2D eigenvalue weighted by Crippen LogP contribution is 2.44. The smallest absolute Gasteiger partial charge is 0.109 e. The molecule has 2 aliphatic heterocycles. The maximum Gasteiger partial charge on any atom is 0.109 e. The van der Waals surface area contributed by atoms with E-state index in [1.54, 1.807) is 6.20 Å². The highest BCUT2D eigenvalue weighted by Gasteiger charge is 2.47. The molecule has 1 N–H and O–H groups in total. The number of rotatable bonds is 1. The topological polar surface area (TPSA) is 36.4 Å². The lowest BCUT2D eigenvalue weighted by molar-refractivity contribution is -0.0524. The molecule has 2 aliphatic rings. The first-order valence-corrected chi connectivity index (χ1v) is 5.96. The third-order valence-electron chi connectivity index (χ3n) is 4.22. The summed E-state index contributed by atoms with van der Waals surface area (Å²) in [4.78, 5) is 6.69. The van der Waals surface area contributed by atoms with Crippen molar-refractivity contribution in [1.29, 1.82) is 0 Å². The Morgan fingerprint density at radius 1 is 1.44 bits per heavy atom. The third kappa shape index (κ3) is 1.46. The van der Waals surface area contributed by atoms with Crippen molar-refractivity contribution >= 4 is 0 Å². The van der Waals surface area contributed by atoms with Gasteiger partial charge < -0.3 is 10.0 Å². The van der Waals surface area contributed by atoms with Gasteiger partial charge in [0.05, 0.1) is 5.69 Å². The Labute approximate surface area is 96.1 Å². The van der Waals surface area contributed by atoms with Gasteiger partial charge in [0.15, 0.2) is 0 Å². The molecule has 0 amide bonds. The molecule has 0 aromatic carbocycles. The van der Waals surface area contributed by atoms with Crippen LogP contribution in [-0.2, 0) is 5.60 Å². The number of hydrogen-bond donors (Lipinski definition) is 1. The minimum Gasteiger partial charge on any atom is -0.383 e. The SMILES string of the molecule is CN1[C@@H]2CC[C@@H]1CC(O)(c1cc[c]cn1)C2. The second-order valence-corrected chi connectivity index (χ2v) is 5.13. The number of fused-ring (bicyclic) bond motifs is 2. The summed E-state index contributed by atoms with van der Waals surface area (Å²) in [5.74, 6) is 0. The maximum atomic E-state index is 10.7. The van der Waals surface area contributed by atoms with Crippen molar-refractivity contribution in [3.63, 3.8) is 0 Å². The molecule has 0 unspecified atom stereocenters. The third-order valence-corrected chi connectivity index (χ3v) is 4.22. The van der Waals surface area contributed by atoms with Crippen molar-refractivity contribution in [3.05, 3.63) is 30.1 Å². The Hall–Kier alpha value is -0.930. The molecule has 85 valence electrons. The van der Waals surface area contributed by atoms with Gasteiger partial charge >= 0.3 is 0 Å². The monoisotopic (exact) mass is 217 g/mol. The summed E-state index contributed by atoms with van der Waals surface area (Å²) in [6.07, 6.45) is 5.70. The van der Waals surface area contributed by atoms with E-state index in [-0.39, 0.29) is 0 Å². The van der Waals surface area contributed by atoms with Crippen LogP contribution in [0.25, 0.3) is 0 Å². The van der Waals surface area contributed by atoms with E-state index >= 15 is 0 Å². The maximum absolute atomic E-state index is 10.7. The van der Waals surface area contributed by atoms with Gasteiger partial charge in [-0.2, -0.15) is 0 Å². The Kier molecular flexibility index (Phi) is 2.26. The van der Waals surface area contributed by atoms with Gasteiger partial charge in [-0.05, 0) is 38.8 Å². The van der Waals surface area contributed by atoms with Crippen molar-refractivity contribution < 1.29 is 5.11 Å². The summed E-state index contributed by atoms with van der Waals surface area (Å²) in [6, 6.07) is 7.68.